The third kappa shape index (κ3) is 8.08. The SMILES string of the molecule is CCNC(=NCC1(CCOC)CCCC1)NCCNC(=O)c1ccco1.I. The topological polar surface area (TPSA) is 87.9 Å². The van der Waals surface area contributed by atoms with E-state index in [0.29, 0.717) is 18.8 Å². The Labute approximate surface area is 179 Å². The molecule has 0 aliphatic heterocycles. The number of carbonyl (C=O) groups excluding carboxylic acids is 1. The Morgan fingerprint density at radius 2 is 2.00 bits per heavy atom. The zero-order valence-corrected chi connectivity index (χ0v) is 18.7. The molecule has 154 valence electrons. The largest absolute Gasteiger partial charge is 0.459 e. The lowest BCUT2D eigenvalue weighted by Crippen LogP contribution is -2.42. The van der Waals surface area contributed by atoms with Gasteiger partial charge in [0.1, 0.15) is 0 Å². The molecule has 1 saturated carbocycles. The highest BCUT2D eigenvalue weighted by atomic mass is 127. The van der Waals surface area contributed by atoms with Gasteiger partial charge in [0.15, 0.2) is 11.7 Å². The van der Waals surface area contributed by atoms with Gasteiger partial charge in [-0.2, -0.15) is 0 Å². The maximum atomic E-state index is 11.8. The van der Waals surface area contributed by atoms with Gasteiger partial charge >= 0.3 is 0 Å². The van der Waals surface area contributed by atoms with Crippen molar-refractivity contribution >= 4 is 35.8 Å². The summed E-state index contributed by atoms with van der Waals surface area (Å²) in [6.45, 7) is 5.55. The summed E-state index contributed by atoms with van der Waals surface area (Å²) in [5.74, 6) is 0.915. The molecule has 0 atom stereocenters. The van der Waals surface area contributed by atoms with E-state index >= 15 is 0 Å². The molecule has 7 nitrogen and oxygen atoms in total. The summed E-state index contributed by atoms with van der Waals surface area (Å²) < 4.78 is 10.4. The van der Waals surface area contributed by atoms with Gasteiger partial charge in [0.2, 0.25) is 0 Å². The maximum Gasteiger partial charge on any atom is 0.287 e. The third-order valence-corrected chi connectivity index (χ3v) is 4.87. The highest BCUT2D eigenvalue weighted by Crippen LogP contribution is 2.41. The standard InChI is InChI=1S/C19H32N4O3.HI/c1-3-20-18(22-12-11-21-17(24)16-7-6-13-26-16)23-15-19(10-14-25-2)8-4-5-9-19;/h6-7,13H,3-5,8-12,14-15H2,1-2H3,(H,21,24)(H2,20,22,23);1H. The molecule has 1 aromatic heterocycles. The molecule has 0 bridgehead atoms. The lowest BCUT2D eigenvalue weighted by molar-refractivity contribution is 0.0926. The van der Waals surface area contributed by atoms with Gasteiger partial charge in [0, 0.05) is 39.9 Å². The lowest BCUT2D eigenvalue weighted by Gasteiger charge is -2.27. The highest BCUT2D eigenvalue weighted by molar-refractivity contribution is 14.0. The zero-order valence-electron chi connectivity index (χ0n) is 16.4. The molecule has 0 aromatic carbocycles. The van der Waals surface area contributed by atoms with Crippen molar-refractivity contribution in [2.45, 2.75) is 39.0 Å². The van der Waals surface area contributed by atoms with Crippen molar-refractivity contribution in [3.63, 3.8) is 0 Å². The van der Waals surface area contributed by atoms with E-state index in [2.05, 4.69) is 16.0 Å². The van der Waals surface area contributed by atoms with Crippen molar-refractivity contribution in [1.29, 1.82) is 0 Å². The summed E-state index contributed by atoms with van der Waals surface area (Å²) in [5.41, 5.74) is 0.270. The second-order valence-electron chi connectivity index (χ2n) is 6.81. The Balaban J connectivity index is 0.00000364. The van der Waals surface area contributed by atoms with Crippen LogP contribution in [0, 0.1) is 5.41 Å². The van der Waals surface area contributed by atoms with E-state index in [9.17, 15) is 4.79 Å². The molecule has 1 aliphatic carbocycles. The zero-order chi connectivity index (χ0) is 18.7. The van der Waals surface area contributed by atoms with Crippen molar-refractivity contribution in [2.24, 2.45) is 10.4 Å². The molecule has 1 fully saturated rings. The quantitative estimate of drug-likeness (QED) is 0.202. The lowest BCUT2D eigenvalue weighted by atomic mass is 9.83. The fourth-order valence-electron chi connectivity index (χ4n) is 3.37. The van der Waals surface area contributed by atoms with Crippen LogP contribution in [0.4, 0.5) is 0 Å². The first-order chi connectivity index (χ1) is 12.7. The maximum absolute atomic E-state index is 11.8. The van der Waals surface area contributed by atoms with Gasteiger partial charge in [-0.15, -0.1) is 24.0 Å². The summed E-state index contributed by atoms with van der Waals surface area (Å²) in [6.07, 6.45) is 7.55. The van der Waals surface area contributed by atoms with Gasteiger partial charge in [-0.25, -0.2) is 0 Å². The smallest absolute Gasteiger partial charge is 0.287 e. The molecule has 27 heavy (non-hydrogen) atoms. The molecule has 1 amide bonds. The Bertz CT molecular complexity index is 557. The van der Waals surface area contributed by atoms with E-state index in [1.165, 1.54) is 31.9 Å². The first-order valence-electron chi connectivity index (χ1n) is 9.52. The predicted molar refractivity (Wildman–Crippen MR) is 118 cm³/mol. The number of hydrogen-bond donors (Lipinski definition) is 3. The molecule has 3 N–H and O–H groups in total. The molecule has 0 saturated heterocycles. The average Bonchev–Trinajstić information content (AvgIpc) is 3.34. The number of rotatable bonds is 10. The first-order valence-corrected chi connectivity index (χ1v) is 9.52. The van der Waals surface area contributed by atoms with Crippen LogP contribution in [-0.4, -0.2) is 51.8 Å². The van der Waals surface area contributed by atoms with Crippen LogP contribution in [-0.2, 0) is 4.74 Å². The predicted octanol–water partition coefficient (Wildman–Crippen LogP) is 2.78. The number of hydrogen-bond acceptors (Lipinski definition) is 4. The van der Waals surface area contributed by atoms with Crippen LogP contribution in [0.15, 0.2) is 27.8 Å². The Kier molecular flexibility index (Phi) is 11.4. The molecule has 0 radical (unpaired) electrons. The molecule has 0 spiro atoms. The van der Waals surface area contributed by atoms with Crippen molar-refractivity contribution in [3.05, 3.63) is 24.2 Å². The van der Waals surface area contributed by atoms with Crippen LogP contribution in [0.25, 0.3) is 0 Å². The number of ether oxygens (including phenoxy) is 1. The van der Waals surface area contributed by atoms with Gasteiger partial charge in [0.25, 0.3) is 5.91 Å². The molecule has 0 unspecified atom stereocenters. The second kappa shape index (κ2) is 13.0. The fraction of sp³-hybridized carbons (Fsp3) is 0.684. The number of carbonyl (C=O) groups is 1. The van der Waals surface area contributed by atoms with E-state index < -0.39 is 0 Å². The second-order valence-corrected chi connectivity index (χ2v) is 6.81. The normalized spacial score (nSPS) is 15.9. The van der Waals surface area contributed by atoms with Crippen LogP contribution in [0.5, 0.6) is 0 Å². The number of nitrogens with zero attached hydrogens (tertiary/aromatic N) is 1. The van der Waals surface area contributed by atoms with E-state index in [0.717, 1.165) is 32.1 Å². The number of nitrogens with one attached hydrogen (secondary N) is 3. The Morgan fingerprint density at radius 1 is 1.26 bits per heavy atom. The molecule has 1 heterocycles. The number of amides is 1. The molecule has 2 rings (SSSR count). The van der Waals surface area contributed by atoms with Crippen molar-refractivity contribution in [2.75, 3.05) is 39.9 Å². The Morgan fingerprint density at radius 3 is 2.63 bits per heavy atom. The summed E-state index contributed by atoms with van der Waals surface area (Å²) >= 11 is 0. The molecule has 8 heteroatoms. The van der Waals surface area contributed by atoms with Crippen LogP contribution in [0.2, 0.25) is 0 Å². The monoisotopic (exact) mass is 492 g/mol. The van der Waals surface area contributed by atoms with E-state index in [-0.39, 0.29) is 35.3 Å². The number of furan rings is 1. The van der Waals surface area contributed by atoms with E-state index in [4.69, 9.17) is 14.1 Å². The molecular weight excluding hydrogens is 459 g/mol. The van der Waals surface area contributed by atoms with Crippen molar-refractivity contribution in [1.82, 2.24) is 16.0 Å². The summed E-state index contributed by atoms with van der Waals surface area (Å²) in [7, 11) is 1.76. The van der Waals surface area contributed by atoms with Crippen molar-refractivity contribution in [3.8, 4) is 0 Å². The number of aliphatic imine (C=N–C) groups is 1. The van der Waals surface area contributed by atoms with E-state index in [1.54, 1.807) is 19.2 Å². The molecular formula is C19H33IN4O3. The minimum absolute atomic E-state index is 0. The van der Waals surface area contributed by atoms with E-state index in [1.807, 2.05) is 6.92 Å². The highest BCUT2D eigenvalue weighted by Gasteiger charge is 2.33. The van der Waals surface area contributed by atoms with Crippen LogP contribution in [0.3, 0.4) is 0 Å². The van der Waals surface area contributed by atoms with Gasteiger partial charge in [-0.05, 0) is 43.7 Å². The Hall–Kier alpha value is -1.29. The van der Waals surface area contributed by atoms with Gasteiger partial charge in [0.05, 0.1) is 6.26 Å². The number of methoxy groups -OCH3 is 1. The van der Waals surface area contributed by atoms with Crippen LogP contribution in [0.1, 0.15) is 49.6 Å². The number of guanidine groups is 1. The van der Waals surface area contributed by atoms with Gasteiger partial charge < -0.3 is 25.1 Å². The average molecular weight is 492 g/mol. The minimum atomic E-state index is -0.205. The number of halogens is 1. The summed E-state index contributed by atoms with van der Waals surface area (Å²) in [6, 6.07) is 3.35. The summed E-state index contributed by atoms with van der Waals surface area (Å²) in [4.78, 5) is 16.6. The fourth-order valence-corrected chi connectivity index (χ4v) is 3.37. The molecule has 1 aliphatic rings. The van der Waals surface area contributed by atoms with Crippen LogP contribution >= 0.6 is 24.0 Å². The van der Waals surface area contributed by atoms with Gasteiger partial charge in [-0.3, -0.25) is 9.79 Å². The third-order valence-electron chi connectivity index (χ3n) is 4.87. The van der Waals surface area contributed by atoms with Gasteiger partial charge in [-0.1, -0.05) is 12.8 Å². The first kappa shape index (κ1) is 23.7. The van der Waals surface area contributed by atoms with Crippen molar-refractivity contribution < 1.29 is 13.9 Å². The van der Waals surface area contributed by atoms with Crippen LogP contribution < -0.4 is 16.0 Å². The summed E-state index contributed by atoms with van der Waals surface area (Å²) in [5, 5.41) is 9.37. The minimum Gasteiger partial charge on any atom is -0.459 e. The molecule has 1 aromatic rings.